The van der Waals surface area contributed by atoms with Crippen molar-refractivity contribution in [2.75, 3.05) is 13.1 Å². The molecule has 0 aromatic heterocycles. The van der Waals surface area contributed by atoms with Gasteiger partial charge in [0, 0.05) is 18.7 Å². The zero-order valence-electron chi connectivity index (χ0n) is 11.0. The van der Waals surface area contributed by atoms with E-state index in [0.29, 0.717) is 13.1 Å². The summed E-state index contributed by atoms with van der Waals surface area (Å²) >= 11 is 0. The van der Waals surface area contributed by atoms with Crippen molar-refractivity contribution < 1.29 is 14.0 Å². The SMILES string of the molecule is N#C[C@H](C(=O)c1ccc(F)cc1)C(=O)N1CCCCC1. The van der Waals surface area contributed by atoms with E-state index < -0.39 is 23.4 Å². The van der Waals surface area contributed by atoms with Crippen LogP contribution in [0.3, 0.4) is 0 Å². The number of Topliss-reactive ketones (excluding diaryl/α,β-unsaturated/α-hetero) is 1. The van der Waals surface area contributed by atoms with Crippen LogP contribution in [0, 0.1) is 23.1 Å². The molecule has 104 valence electrons. The standard InChI is InChI=1S/C15H15FN2O2/c16-12-6-4-11(5-7-12)14(19)13(10-17)15(20)18-8-2-1-3-9-18/h4-7,13H,1-3,8-9H2/t13-/m1/s1. The minimum absolute atomic E-state index is 0.184. The lowest BCUT2D eigenvalue weighted by atomic mass is 9.96. The summed E-state index contributed by atoms with van der Waals surface area (Å²) in [6, 6.07) is 6.66. The van der Waals surface area contributed by atoms with Crippen molar-refractivity contribution >= 4 is 11.7 Å². The van der Waals surface area contributed by atoms with Gasteiger partial charge >= 0.3 is 0 Å². The van der Waals surface area contributed by atoms with E-state index >= 15 is 0 Å². The maximum atomic E-state index is 12.8. The molecule has 0 N–H and O–H groups in total. The Labute approximate surface area is 116 Å². The molecular weight excluding hydrogens is 259 g/mol. The maximum absolute atomic E-state index is 12.8. The van der Waals surface area contributed by atoms with Gasteiger partial charge in [-0.15, -0.1) is 0 Å². The molecule has 0 radical (unpaired) electrons. The molecule has 1 aliphatic rings. The van der Waals surface area contributed by atoms with Crippen LogP contribution in [0.4, 0.5) is 4.39 Å². The third-order valence-electron chi connectivity index (χ3n) is 3.43. The first kappa shape index (κ1) is 14.2. The zero-order chi connectivity index (χ0) is 14.5. The van der Waals surface area contributed by atoms with Gasteiger partial charge in [0.25, 0.3) is 0 Å². The van der Waals surface area contributed by atoms with Gasteiger partial charge in [-0.05, 0) is 43.5 Å². The van der Waals surface area contributed by atoms with Crippen LogP contribution in [-0.4, -0.2) is 29.7 Å². The molecule has 0 spiro atoms. The fourth-order valence-electron chi connectivity index (χ4n) is 2.30. The maximum Gasteiger partial charge on any atom is 0.247 e. The summed E-state index contributed by atoms with van der Waals surface area (Å²) in [6.45, 7) is 1.18. The van der Waals surface area contributed by atoms with E-state index in [2.05, 4.69) is 0 Å². The molecule has 1 aliphatic heterocycles. The zero-order valence-corrected chi connectivity index (χ0v) is 11.0. The Morgan fingerprint density at radius 2 is 1.75 bits per heavy atom. The summed E-state index contributed by atoms with van der Waals surface area (Å²) < 4.78 is 12.8. The second-order valence-corrected chi connectivity index (χ2v) is 4.82. The Kier molecular flexibility index (Phi) is 4.46. The quantitative estimate of drug-likeness (QED) is 0.627. The lowest BCUT2D eigenvalue weighted by molar-refractivity contribution is -0.133. The number of hydrogen-bond donors (Lipinski definition) is 0. The molecule has 0 bridgehead atoms. The van der Waals surface area contributed by atoms with Crippen LogP contribution < -0.4 is 0 Å². The molecule has 0 aliphatic carbocycles. The van der Waals surface area contributed by atoms with Crippen molar-refractivity contribution in [2.24, 2.45) is 5.92 Å². The molecule has 1 atom stereocenters. The fourth-order valence-corrected chi connectivity index (χ4v) is 2.30. The number of hydrogen-bond acceptors (Lipinski definition) is 3. The van der Waals surface area contributed by atoms with Crippen LogP contribution in [0.5, 0.6) is 0 Å². The molecule has 1 heterocycles. The van der Waals surface area contributed by atoms with Crippen molar-refractivity contribution in [1.82, 2.24) is 4.90 Å². The van der Waals surface area contributed by atoms with Crippen LogP contribution in [0.2, 0.25) is 0 Å². The van der Waals surface area contributed by atoms with Gasteiger partial charge in [0.1, 0.15) is 5.82 Å². The number of amides is 1. The first-order valence-corrected chi connectivity index (χ1v) is 6.61. The number of likely N-dealkylation sites (tertiary alicyclic amines) is 1. The normalized spacial score (nSPS) is 16.3. The molecule has 0 unspecified atom stereocenters. The van der Waals surface area contributed by atoms with E-state index in [1.165, 1.54) is 12.1 Å². The number of benzene rings is 1. The lowest BCUT2D eigenvalue weighted by Crippen LogP contribution is -2.41. The second kappa shape index (κ2) is 6.29. The summed E-state index contributed by atoms with van der Waals surface area (Å²) in [6.07, 6.45) is 2.86. The van der Waals surface area contributed by atoms with E-state index in [4.69, 9.17) is 5.26 Å². The number of piperidine rings is 1. The molecule has 1 aromatic rings. The highest BCUT2D eigenvalue weighted by Gasteiger charge is 2.31. The van der Waals surface area contributed by atoms with Crippen LogP contribution >= 0.6 is 0 Å². The number of rotatable bonds is 3. The molecule has 1 amide bonds. The second-order valence-electron chi connectivity index (χ2n) is 4.82. The van der Waals surface area contributed by atoms with Crippen molar-refractivity contribution in [3.63, 3.8) is 0 Å². The Balaban J connectivity index is 2.15. The van der Waals surface area contributed by atoms with Gasteiger partial charge in [0.15, 0.2) is 11.7 Å². The monoisotopic (exact) mass is 274 g/mol. The highest BCUT2D eigenvalue weighted by Crippen LogP contribution is 2.16. The van der Waals surface area contributed by atoms with Gasteiger partial charge < -0.3 is 4.90 Å². The molecule has 1 aromatic carbocycles. The molecule has 5 heteroatoms. The summed E-state index contributed by atoms with van der Waals surface area (Å²) in [7, 11) is 0. The number of nitriles is 1. The van der Waals surface area contributed by atoms with Crippen molar-refractivity contribution in [2.45, 2.75) is 19.3 Å². The third-order valence-corrected chi connectivity index (χ3v) is 3.43. The van der Waals surface area contributed by atoms with E-state index in [0.717, 1.165) is 31.4 Å². The highest BCUT2D eigenvalue weighted by molar-refractivity contribution is 6.12. The van der Waals surface area contributed by atoms with Crippen molar-refractivity contribution in [3.05, 3.63) is 35.6 Å². The lowest BCUT2D eigenvalue weighted by Gasteiger charge is -2.28. The topological polar surface area (TPSA) is 61.2 Å². The van der Waals surface area contributed by atoms with Gasteiger partial charge in [-0.1, -0.05) is 0 Å². The van der Waals surface area contributed by atoms with Crippen molar-refractivity contribution in [1.29, 1.82) is 5.26 Å². The van der Waals surface area contributed by atoms with E-state index in [1.807, 2.05) is 0 Å². The average Bonchev–Trinajstić information content (AvgIpc) is 2.49. The summed E-state index contributed by atoms with van der Waals surface area (Å²) in [4.78, 5) is 26.0. The molecule has 1 fully saturated rings. The molecule has 2 rings (SSSR count). The van der Waals surface area contributed by atoms with Gasteiger partial charge in [-0.3, -0.25) is 9.59 Å². The number of halogens is 1. The first-order chi connectivity index (χ1) is 9.63. The van der Waals surface area contributed by atoms with Crippen LogP contribution in [0.1, 0.15) is 29.6 Å². The number of carbonyl (C=O) groups excluding carboxylic acids is 2. The van der Waals surface area contributed by atoms with Crippen LogP contribution in [-0.2, 0) is 4.79 Å². The van der Waals surface area contributed by atoms with Crippen molar-refractivity contribution in [3.8, 4) is 6.07 Å². The number of ketones is 1. The Hall–Kier alpha value is -2.22. The van der Waals surface area contributed by atoms with Crippen LogP contribution in [0.15, 0.2) is 24.3 Å². The number of nitrogens with zero attached hydrogens (tertiary/aromatic N) is 2. The highest BCUT2D eigenvalue weighted by atomic mass is 19.1. The Morgan fingerprint density at radius 3 is 2.30 bits per heavy atom. The predicted molar refractivity (Wildman–Crippen MR) is 70.3 cm³/mol. The third kappa shape index (κ3) is 3.02. The largest absolute Gasteiger partial charge is 0.341 e. The molecular formula is C15H15FN2O2. The number of carbonyl (C=O) groups is 2. The first-order valence-electron chi connectivity index (χ1n) is 6.61. The summed E-state index contributed by atoms with van der Waals surface area (Å²) in [5.41, 5.74) is 0.184. The Morgan fingerprint density at radius 1 is 1.15 bits per heavy atom. The molecule has 4 nitrogen and oxygen atoms in total. The van der Waals surface area contributed by atoms with Gasteiger partial charge in [-0.2, -0.15) is 5.26 Å². The van der Waals surface area contributed by atoms with E-state index in [9.17, 15) is 14.0 Å². The summed E-state index contributed by atoms with van der Waals surface area (Å²) in [5.74, 6) is -2.81. The van der Waals surface area contributed by atoms with Gasteiger partial charge in [-0.25, -0.2) is 4.39 Å². The minimum atomic E-state index is -1.33. The summed E-state index contributed by atoms with van der Waals surface area (Å²) in [5, 5.41) is 9.12. The molecule has 1 saturated heterocycles. The predicted octanol–water partition coefficient (Wildman–Crippen LogP) is 2.16. The van der Waals surface area contributed by atoms with Gasteiger partial charge in [0.2, 0.25) is 5.91 Å². The average molecular weight is 274 g/mol. The van der Waals surface area contributed by atoms with E-state index in [1.54, 1.807) is 11.0 Å². The fraction of sp³-hybridized carbons (Fsp3) is 0.400. The Bertz CT molecular complexity index is 542. The smallest absolute Gasteiger partial charge is 0.247 e. The van der Waals surface area contributed by atoms with Crippen LogP contribution in [0.25, 0.3) is 0 Å². The molecule has 0 saturated carbocycles. The minimum Gasteiger partial charge on any atom is -0.341 e. The van der Waals surface area contributed by atoms with E-state index in [-0.39, 0.29) is 5.56 Å². The van der Waals surface area contributed by atoms with Gasteiger partial charge in [0.05, 0.1) is 6.07 Å². The molecule has 20 heavy (non-hydrogen) atoms.